The molecule has 0 aliphatic carbocycles. The Morgan fingerprint density at radius 3 is 2.48 bits per heavy atom. The van der Waals surface area contributed by atoms with Crippen LogP contribution in [0.1, 0.15) is 16.7 Å². The molecule has 31 heavy (non-hydrogen) atoms. The number of carbonyl (C=O) groups excluding carboxylic acids is 1. The summed E-state index contributed by atoms with van der Waals surface area (Å²) in [5, 5.41) is 0.953. The molecule has 0 atom stereocenters. The van der Waals surface area contributed by atoms with Gasteiger partial charge in [-0.05, 0) is 54.8 Å². The zero-order valence-electron chi connectivity index (χ0n) is 17.7. The van der Waals surface area contributed by atoms with E-state index in [0.717, 1.165) is 22.1 Å². The molecule has 0 unspecified atom stereocenters. The van der Waals surface area contributed by atoms with Gasteiger partial charge in [-0.2, -0.15) is 0 Å². The zero-order chi connectivity index (χ0) is 22.0. The third-order valence-corrected chi connectivity index (χ3v) is 5.81. The van der Waals surface area contributed by atoms with Crippen LogP contribution in [-0.4, -0.2) is 48.5 Å². The molecule has 4 rings (SSSR count). The summed E-state index contributed by atoms with van der Waals surface area (Å²) in [5.41, 5.74) is 3.31. The Hall–Kier alpha value is -3.19. The van der Waals surface area contributed by atoms with Gasteiger partial charge in [-0.3, -0.25) is 9.69 Å². The van der Waals surface area contributed by atoms with E-state index < -0.39 is 0 Å². The lowest BCUT2D eigenvalue weighted by molar-refractivity contribution is -0.135. The number of halogens is 1. The normalized spacial score (nSPS) is 14.7. The first-order valence-corrected chi connectivity index (χ1v) is 10.3. The molecule has 1 fully saturated rings. The van der Waals surface area contributed by atoms with Gasteiger partial charge in [-0.25, -0.2) is 9.18 Å². The van der Waals surface area contributed by atoms with Crippen molar-refractivity contribution in [3.8, 4) is 5.75 Å². The summed E-state index contributed by atoms with van der Waals surface area (Å²) in [5.74, 6) is 0.0265. The number of piperazine rings is 1. The minimum Gasteiger partial charge on any atom is -0.484 e. The second kappa shape index (κ2) is 8.89. The van der Waals surface area contributed by atoms with Gasteiger partial charge in [-0.1, -0.05) is 12.1 Å². The highest BCUT2D eigenvalue weighted by Crippen LogP contribution is 2.24. The van der Waals surface area contributed by atoms with E-state index in [4.69, 9.17) is 9.15 Å². The number of rotatable bonds is 5. The Morgan fingerprint density at radius 2 is 1.77 bits per heavy atom. The van der Waals surface area contributed by atoms with Gasteiger partial charge in [0.15, 0.2) is 6.61 Å². The maximum atomic E-state index is 13.0. The van der Waals surface area contributed by atoms with Crippen molar-refractivity contribution in [2.45, 2.75) is 20.4 Å². The predicted molar refractivity (Wildman–Crippen MR) is 116 cm³/mol. The molecule has 0 saturated carbocycles. The second-order valence-corrected chi connectivity index (χ2v) is 7.87. The van der Waals surface area contributed by atoms with Crippen molar-refractivity contribution in [1.82, 2.24) is 9.80 Å². The summed E-state index contributed by atoms with van der Waals surface area (Å²) in [4.78, 5) is 28.5. The first-order valence-electron chi connectivity index (χ1n) is 10.3. The van der Waals surface area contributed by atoms with Crippen molar-refractivity contribution in [3.05, 3.63) is 75.4 Å². The van der Waals surface area contributed by atoms with Gasteiger partial charge in [0.2, 0.25) is 0 Å². The number of ether oxygens (including phenoxy) is 1. The molecular weight excluding hydrogens is 399 g/mol. The molecule has 0 N–H and O–H groups in total. The molecule has 162 valence electrons. The maximum absolute atomic E-state index is 13.0. The fraction of sp³-hybridized carbons (Fsp3) is 0.333. The third-order valence-electron chi connectivity index (χ3n) is 5.81. The monoisotopic (exact) mass is 424 g/mol. The Labute approximate surface area is 179 Å². The summed E-state index contributed by atoms with van der Waals surface area (Å²) in [6.07, 6.45) is 0. The van der Waals surface area contributed by atoms with Crippen LogP contribution in [0.15, 0.2) is 51.7 Å². The van der Waals surface area contributed by atoms with Crippen LogP contribution in [-0.2, 0) is 11.3 Å². The summed E-state index contributed by atoms with van der Waals surface area (Å²) >= 11 is 0. The minimum atomic E-state index is -0.344. The molecule has 1 saturated heterocycles. The Bertz CT molecular complexity index is 1150. The van der Waals surface area contributed by atoms with E-state index in [1.807, 2.05) is 26.0 Å². The molecule has 0 spiro atoms. The zero-order valence-corrected chi connectivity index (χ0v) is 17.7. The topological polar surface area (TPSA) is 63.0 Å². The van der Waals surface area contributed by atoms with Crippen LogP contribution in [0, 0.1) is 19.7 Å². The fourth-order valence-corrected chi connectivity index (χ4v) is 3.82. The van der Waals surface area contributed by atoms with Crippen LogP contribution in [0.2, 0.25) is 0 Å². The molecular formula is C24H25FN2O4. The fourth-order valence-electron chi connectivity index (χ4n) is 3.82. The third kappa shape index (κ3) is 4.77. The Morgan fingerprint density at radius 1 is 1.06 bits per heavy atom. The number of hydrogen-bond acceptors (Lipinski definition) is 5. The lowest BCUT2D eigenvalue weighted by atomic mass is 10.0. The van der Waals surface area contributed by atoms with E-state index >= 15 is 0 Å². The molecule has 1 amide bonds. The number of carbonyl (C=O) groups is 1. The Kier molecular flexibility index (Phi) is 6.04. The highest BCUT2D eigenvalue weighted by Gasteiger charge is 2.22. The highest BCUT2D eigenvalue weighted by atomic mass is 19.1. The highest BCUT2D eigenvalue weighted by molar-refractivity contribution is 5.84. The number of fused-ring (bicyclic) bond motifs is 1. The lowest BCUT2D eigenvalue weighted by Crippen LogP contribution is -2.49. The molecule has 3 aromatic rings. The van der Waals surface area contributed by atoms with Crippen molar-refractivity contribution in [2.75, 3.05) is 32.8 Å². The van der Waals surface area contributed by atoms with E-state index in [-0.39, 0.29) is 24.0 Å². The van der Waals surface area contributed by atoms with Crippen molar-refractivity contribution in [2.24, 2.45) is 0 Å². The van der Waals surface area contributed by atoms with Crippen molar-refractivity contribution < 1.29 is 18.3 Å². The lowest BCUT2D eigenvalue weighted by Gasteiger charge is -2.34. The SMILES string of the molecule is Cc1ccc2c(CN3CCN(C(=O)COc4ccc(F)cc4)CC3)cc(=O)oc2c1C. The van der Waals surface area contributed by atoms with Gasteiger partial charge in [-0.15, -0.1) is 0 Å². The van der Waals surface area contributed by atoms with E-state index in [1.165, 1.54) is 24.3 Å². The minimum absolute atomic E-state index is 0.0748. The summed E-state index contributed by atoms with van der Waals surface area (Å²) in [6, 6.07) is 11.2. The standard InChI is InChI=1S/C24H25FN2O4/c1-16-3-8-21-18(13-23(29)31-24(21)17(16)2)14-26-9-11-27(12-10-26)22(28)15-30-20-6-4-19(25)5-7-20/h3-8,13H,9-12,14-15H2,1-2H3. The van der Waals surface area contributed by atoms with Crippen LogP contribution >= 0.6 is 0 Å². The molecule has 1 aromatic heterocycles. The quantitative estimate of drug-likeness (QED) is 0.589. The van der Waals surface area contributed by atoms with Crippen molar-refractivity contribution in [1.29, 1.82) is 0 Å². The van der Waals surface area contributed by atoms with Gasteiger partial charge < -0.3 is 14.1 Å². The smallest absolute Gasteiger partial charge is 0.336 e. The predicted octanol–water partition coefficient (Wildman–Crippen LogP) is 3.27. The van der Waals surface area contributed by atoms with Crippen LogP contribution in [0.3, 0.4) is 0 Å². The number of nitrogens with zero attached hydrogens (tertiary/aromatic N) is 2. The van der Waals surface area contributed by atoms with E-state index in [1.54, 1.807) is 11.0 Å². The molecule has 2 aromatic carbocycles. The average Bonchev–Trinajstić information content (AvgIpc) is 2.76. The van der Waals surface area contributed by atoms with Crippen LogP contribution < -0.4 is 10.4 Å². The molecule has 2 heterocycles. The van der Waals surface area contributed by atoms with Crippen molar-refractivity contribution >= 4 is 16.9 Å². The number of amides is 1. The molecule has 1 aliphatic rings. The van der Waals surface area contributed by atoms with Gasteiger partial charge in [0, 0.05) is 44.2 Å². The first kappa shape index (κ1) is 21.1. The molecule has 0 bridgehead atoms. The maximum Gasteiger partial charge on any atom is 0.336 e. The van der Waals surface area contributed by atoms with Crippen LogP contribution in [0.5, 0.6) is 5.75 Å². The molecule has 7 heteroatoms. The summed E-state index contributed by atoms with van der Waals surface area (Å²) in [7, 11) is 0. The van der Waals surface area contributed by atoms with Gasteiger partial charge >= 0.3 is 5.63 Å². The molecule has 0 radical (unpaired) electrons. The van der Waals surface area contributed by atoms with Crippen LogP contribution in [0.4, 0.5) is 4.39 Å². The van der Waals surface area contributed by atoms with Crippen molar-refractivity contribution in [3.63, 3.8) is 0 Å². The van der Waals surface area contributed by atoms with Gasteiger partial charge in [0.05, 0.1) is 0 Å². The van der Waals surface area contributed by atoms with E-state index in [0.29, 0.717) is 44.1 Å². The van der Waals surface area contributed by atoms with Gasteiger partial charge in [0.1, 0.15) is 17.1 Å². The van der Waals surface area contributed by atoms with E-state index in [2.05, 4.69) is 4.90 Å². The molecule has 1 aliphatic heterocycles. The first-order chi connectivity index (χ1) is 14.9. The summed E-state index contributed by atoms with van der Waals surface area (Å²) < 4.78 is 23.9. The largest absolute Gasteiger partial charge is 0.484 e. The van der Waals surface area contributed by atoms with Crippen LogP contribution in [0.25, 0.3) is 11.0 Å². The number of benzene rings is 2. The molecule has 6 nitrogen and oxygen atoms in total. The number of aryl methyl sites for hydroxylation is 2. The second-order valence-electron chi connectivity index (χ2n) is 7.87. The Balaban J connectivity index is 1.36. The van der Waals surface area contributed by atoms with E-state index in [9.17, 15) is 14.0 Å². The van der Waals surface area contributed by atoms with Gasteiger partial charge in [0.25, 0.3) is 5.91 Å². The summed E-state index contributed by atoms with van der Waals surface area (Å²) in [6.45, 7) is 7.09. The average molecular weight is 424 g/mol. The number of hydrogen-bond donors (Lipinski definition) is 0.